The van der Waals surface area contributed by atoms with Crippen LogP contribution in [0.5, 0.6) is 5.75 Å². The molecule has 0 saturated carbocycles. The zero-order valence-electron chi connectivity index (χ0n) is 13.8. The highest BCUT2D eigenvalue weighted by molar-refractivity contribution is 7.50. The maximum atomic E-state index is 11.2. The first-order chi connectivity index (χ1) is 12.0. The predicted molar refractivity (Wildman–Crippen MR) is 92.8 cm³/mol. The standard InChI is InChI=1S/C16H20NO8P/c1-2-12(9-3-5-10(18)6-4-9)16(21,22)15-13(17-26(23,24)25)7-11(19)8-14(15)20/h3-6,8,12,18-22H,2,7H2,1H3,(H2,23,24,25). The Bertz CT molecular complexity index is 819. The van der Waals surface area contributed by atoms with E-state index >= 15 is 0 Å². The summed E-state index contributed by atoms with van der Waals surface area (Å²) >= 11 is 0. The van der Waals surface area contributed by atoms with E-state index in [1.165, 1.54) is 24.3 Å². The maximum Gasteiger partial charge on any atom is 0.448 e. The minimum absolute atomic E-state index is 0.0265. The molecule has 1 unspecified atom stereocenters. The normalized spacial score (nSPS) is 18.8. The minimum Gasteiger partial charge on any atom is -0.512 e. The van der Waals surface area contributed by atoms with Crippen LogP contribution in [0.2, 0.25) is 0 Å². The van der Waals surface area contributed by atoms with Gasteiger partial charge in [0.1, 0.15) is 17.3 Å². The molecule has 0 aliphatic heterocycles. The minimum atomic E-state index is -4.96. The number of hydrogen-bond donors (Lipinski definition) is 7. The van der Waals surface area contributed by atoms with Gasteiger partial charge in [0.25, 0.3) is 0 Å². The van der Waals surface area contributed by atoms with Gasteiger partial charge in [-0.25, -0.2) is 4.57 Å². The van der Waals surface area contributed by atoms with Gasteiger partial charge < -0.3 is 35.3 Å². The fourth-order valence-corrected chi connectivity index (χ4v) is 3.45. The molecule has 142 valence electrons. The molecule has 1 atom stereocenters. The van der Waals surface area contributed by atoms with Crippen molar-refractivity contribution in [2.24, 2.45) is 4.76 Å². The Kier molecular flexibility index (Phi) is 5.60. The van der Waals surface area contributed by atoms with Gasteiger partial charge in [-0.1, -0.05) is 19.1 Å². The Hall–Kier alpha value is -2.16. The van der Waals surface area contributed by atoms with Crippen LogP contribution >= 0.6 is 7.75 Å². The summed E-state index contributed by atoms with van der Waals surface area (Å²) in [7, 11) is -4.96. The van der Waals surface area contributed by atoms with E-state index in [1.54, 1.807) is 6.92 Å². The molecule has 0 aromatic heterocycles. The molecule has 1 aliphatic carbocycles. The van der Waals surface area contributed by atoms with Gasteiger partial charge in [-0.2, -0.15) is 4.76 Å². The summed E-state index contributed by atoms with van der Waals surface area (Å²) in [5, 5.41) is 50.7. The first kappa shape index (κ1) is 20.2. The summed E-state index contributed by atoms with van der Waals surface area (Å²) in [6.07, 6.45) is 0.547. The number of hydrogen-bond acceptors (Lipinski definition) is 6. The van der Waals surface area contributed by atoms with Crippen molar-refractivity contribution < 1.29 is 39.9 Å². The molecule has 0 saturated heterocycles. The molecule has 0 bridgehead atoms. The predicted octanol–water partition coefficient (Wildman–Crippen LogP) is 1.76. The lowest BCUT2D eigenvalue weighted by molar-refractivity contribution is -0.145. The van der Waals surface area contributed by atoms with Crippen LogP contribution in [0.25, 0.3) is 0 Å². The van der Waals surface area contributed by atoms with Crippen LogP contribution in [0.15, 0.2) is 52.2 Å². The van der Waals surface area contributed by atoms with Gasteiger partial charge in [0.2, 0.25) is 5.79 Å². The lowest BCUT2D eigenvalue weighted by Gasteiger charge is -2.35. The van der Waals surface area contributed by atoms with E-state index in [0.717, 1.165) is 6.08 Å². The third kappa shape index (κ3) is 4.32. The topological polar surface area (TPSA) is 171 Å². The highest BCUT2D eigenvalue weighted by Crippen LogP contribution is 2.43. The van der Waals surface area contributed by atoms with Crippen molar-refractivity contribution in [1.29, 1.82) is 0 Å². The molecule has 2 rings (SSSR count). The Morgan fingerprint density at radius 3 is 2.23 bits per heavy atom. The van der Waals surface area contributed by atoms with E-state index in [4.69, 9.17) is 9.79 Å². The molecule has 0 amide bonds. The zero-order chi connectivity index (χ0) is 19.7. The molecule has 26 heavy (non-hydrogen) atoms. The number of phenolic OH excluding ortho intramolecular Hbond substituents is 1. The van der Waals surface area contributed by atoms with Crippen LogP contribution in [0.1, 0.15) is 31.2 Å². The van der Waals surface area contributed by atoms with E-state index in [0.29, 0.717) is 5.56 Å². The number of aliphatic hydroxyl groups excluding tert-OH is 2. The molecule has 0 fully saturated rings. The van der Waals surface area contributed by atoms with Crippen molar-refractivity contribution in [2.75, 3.05) is 0 Å². The average molecular weight is 385 g/mol. The summed E-state index contributed by atoms with van der Waals surface area (Å²) in [5.74, 6) is -4.99. The molecule has 0 radical (unpaired) electrons. The Balaban J connectivity index is 2.61. The van der Waals surface area contributed by atoms with Gasteiger partial charge >= 0.3 is 7.75 Å². The molecule has 1 aromatic rings. The summed E-state index contributed by atoms with van der Waals surface area (Å²) in [5.41, 5.74) is -0.721. The molecule has 7 N–H and O–H groups in total. The van der Waals surface area contributed by atoms with Gasteiger partial charge in [-0.15, -0.1) is 0 Å². The number of aliphatic hydroxyl groups is 4. The number of benzene rings is 1. The zero-order valence-corrected chi connectivity index (χ0v) is 14.7. The third-order valence-electron chi connectivity index (χ3n) is 4.01. The number of phenols is 1. The molecular formula is C16H20NO8P. The summed E-state index contributed by atoms with van der Waals surface area (Å²) < 4.78 is 14.4. The Labute approximate surface area is 149 Å². The van der Waals surface area contributed by atoms with Crippen LogP contribution in [0.3, 0.4) is 0 Å². The lowest BCUT2D eigenvalue weighted by Crippen LogP contribution is -2.42. The second-order valence-corrected chi connectivity index (χ2v) is 7.14. The van der Waals surface area contributed by atoms with E-state index in [-0.39, 0.29) is 12.2 Å². The SMILES string of the molecule is CCC(c1ccc(O)cc1)C(O)(O)C1=C(O)C=C(O)CC1=NP(=O)(O)O. The molecule has 0 heterocycles. The monoisotopic (exact) mass is 385 g/mol. The number of nitrogens with zero attached hydrogens (tertiary/aromatic N) is 1. The highest BCUT2D eigenvalue weighted by Gasteiger charge is 2.44. The van der Waals surface area contributed by atoms with Crippen molar-refractivity contribution in [2.45, 2.75) is 31.5 Å². The van der Waals surface area contributed by atoms with Gasteiger partial charge in [0.05, 0.1) is 11.3 Å². The summed E-state index contributed by atoms with van der Waals surface area (Å²) in [6, 6.07) is 5.61. The first-order valence-electron chi connectivity index (χ1n) is 7.67. The third-order valence-corrected chi connectivity index (χ3v) is 4.51. The molecule has 1 aromatic carbocycles. The average Bonchev–Trinajstić information content (AvgIpc) is 2.46. The van der Waals surface area contributed by atoms with Gasteiger partial charge in [-0.05, 0) is 24.1 Å². The Morgan fingerprint density at radius 1 is 1.15 bits per heavy atom. The van der Waals surface area contributed by atoms with E-state index in [1.807, 2.05) is 0 Å². The molecule has 9 nitrogen and oxygen atoms in total. The van der Waals surface area contributed by atoms with Crippen molar-refractivity contribution in [3.05, 3.63) is 53.0 Å². The molecule has 1 aliphatic rings. The quantitative estimate of drug-likeness (QED) is 0.297. The number of aromatic hydroxyl groups is 1. The van der Waals surface area contributed by atoms with Gasteiger partial charge in [-0.3, -0.25) is 0 Å². The van der Waals surface area contributed by atoms with Crippen LogP contribution in [-0.4, -0.2) is 46.8 Å². The number of rotatable bonds is 5. The van der Waals surface area contributed by atoms with Crippen molar-refractivity contribution in [1.82, 2.24) is 0 Å². The second kappa shape index (κ2) is 7.22. The smallest absolute Gasteiger partial charge is 0.448 e. The van der Waals surface area contributed by atoms with Crippen LogP contribution in [0, 0.1) is 0 Å². The van der Waals surface area contributed by atoms with Crippen LogP contribution in [0.4, 0.5) is 0 Å². The van der Waals surface area contributed by atoms with Crippen molar-refractivity contribution in [3.8, 4) is 5.75 Å². The van der Waals surface area contributed by atoms with E-state index in [2.05, 4.69) is 4.76 Å². The maximum absolute atomic E-state index is 11.2. The second-order valence-electron chi connectivity index (χ2n) is 5.91. The van der Waals surface area contributed by atoms with Gasteiger partial charge in [0.15, 0.2) is 0 Å². The highest BCUT2D eigenvalue weighted by atomic mass is 31.2. The fourth-order valence-electron chi connectivity index (χ4n) is 2.97. The largest absolute Gasteiger partial charge is 0.512 e. The van der Waals surface area contributed by atoms with Crippen molar-refractivity contribution in [3.63, 3.8) is 0 Å². The Morgan fingerprint density at radius 2 is 1.73 bits per heavy atom. The van der Waals surface area contributed by atoms with Crippen LogP contribution < -0.4 is 0 Å². The van der Waals surface area contributed by atoms with Gasteiger partial charge in [0, 0.05) is 18.4 Å². The lowest BCUT2D eigenvalue weighted by atomic mass is 9.80. The number of allylic oxidation sites excluding steroid dienone is 2. The van der Waals surface area contributed by atoms with Crippen molar-refractivity contribution >= 4 is 13.5 Å². The van der Waals surface area contributed by atoms with E-state index in [9.17, 15) is 30.1 Å². The molecular weight excluding hydrogens is 365 g/mol. The summed E-state index contributed by atoms with van der Waals surface area (Å²) in [6.45, 7) is 1.65. The molecule has 0 spiro atoms. The molecule has 10 heteroatoms. The van der Waals surface area contributed by atoms with E-state index < -0.39 is 48.7 Å². The summed E-state index contributed by atoms with van der Waals surface area (Å²) in [4.78, 5) is 18.2. The van der Waals surface area contributed by atoms with Crippen LogP contribution in [-0.2, 0) is 4.57 Å². The first-order valence-corrected chi connectivity index (χ1v) is 9.24. The fraction of sp³-hybridized carbons (Fsp3) is 0.312.